The summed E-state index contributed by atoms with van der Waals surface area (Å²) >= 11 is 0. The highest BCUT2D eigenvalue weighted by Crippen LogP contribution is 2.32. The van der Waals surface area contributed by atoms with Crippen LogP contribution in [0.1, 0.15) is 29.8 Å². The molecule has 5 N–H and O–H groups in total. The number of aromatic amines is 3. The topological polar surface area (TPSA) is 106 Å². The molecule has 7 heteroatoms. The zero-order chi connectivity index (χ0) is 16.8. The van der Waals surface area contributed by atoms with E-state index in [0.717, 1.165) is 36.1 Å². The van der Waals surface area contributed by atoms with Gasteiger partial charge in [-0.15, -0.1) is 0 Å². The lowest BCUT2D eigenvalue weighted by Crippen LogP contribution is -3.13. The van der Waals surface area contributed by atoms with Gasteiger partial charge in [-0.3, -0.25) is 14.8 Å². The fraction of sp³-hybridized carbons (Fsp3) is 0.294. The van der Waals surface area contributed by atoms with Crippen LogP contribution in [0.4, 0.5) is 0 Å². The first-order valence-corrected chi connectivity index (χ1v) is 8.09. The van der Waals surface area contributed by atoms with E-state index in [1.54, 1.807) is 0 Å². The van der Waals surface area contributed by atoms with Crippen molar-refractivity contribution < 1.29 is 10.0 Å². The van der Waals surface area contributed by atoms with Gasteiger partial charge < -0.3 is 15.0 Å². The lowest BCUT2D eigenvalue weighted by Gasteiger charge is -2.31. The predicted molar refractivity (Wildman–Crippen MR) is 89.6 cm³/mol. The van der Waals surface area contributed by atoms with Gasteiger partial charge in [0.05, 0.1) is 18.8 Å². The SMILES string of the molecule is CC[NH+]1CCc2c([nH]c3ccccc23)[C@@H]1c1c(O)[nH]c(=O)[nH]c1=O. The molecule has 0 amide bonds. The van der Waals surface area contributed by atoms with Crippen LogP contribution in [0.25, 0.3) is 10.9 Å². The van der Waals surface area contributed by atoms with Gasteiger partial charge in [0.25, 0.3) is 5.56 Å². The second kappa shape index (κ2) is 5.38. The minimum Gasteiger partial charge on any atom is -0.494 e. The minimum absolute atomic E-state index is 0.207. The Morgan fingerprint density at radius 3 is 2.75 bits per heavy atom. The molecule has 0 fully saturated rings. The molecule has 1 aliphatic rings. The van der Waals surface area contributed by atoms with Crippen LogP contribution in [0, 0.1) is 0 Å². The summed E-state index contributed by atoms with van der Waals surface area (Å²) in [4.78, 5) is 32.9. The van der Waals surface area contributed by atoms with E-state index in [4.69, 9.17) is 0 Å². The number of para-hydroxylation sites is 1. The van der Waals surface area contributed by atoms with Crippen molar-refractivity contribution in [3.63, 3.8) is 0 Å². The highest BCUT2D eigenvalue weighted by atomic mass is 16.3. The fourth-order valence-electron chi connectivity index (χ4n) is 3.85. The normalized spacial score (nSPS) is 20.2. The third kappa shape index (κ3) is 2.09. The molecule has 3 heterocycles. The molecule has 3 aromatic rings. The van der Waals surface area contributed by atoms with Gasteiger partial charge >= 0.3 is 5.69 Å². The summed E-state index contributed by atoms with van der Waals surface area (Å²) in [6.45, 7) is 3.71. The zero-order valence-electron chi connectivity index (χ0n) is 13.3. The van der Waals surface area contributed by atoms with Crippen LogP contribution in [-0.4, -0.2) is 33.1 Å². The summed E-state index contributed by atoms with van der Waals surface area (Å²) < 4.78 is 0. The van der Waals surface area contributed by atoms with Gasteiger partial charge in [0, 0.05) is 17.3 Å². The van der Waals surface area contributed by atoms with Crippen molar-refractivity contribution in [1.82, 2.24) is 15.0 Å². The van der Waals surface area contributed by atoms with E-state index in [0.29, 0.717) is 0 Å². The van der Waals surface area contributed by atoms with Gasteiger partial charge in [-0.05, 0) is 18.6 Å². The van der Waals surface area contributed by atoms with Crippen molar-refractivity contribution in [2.24, 2.45) is 0 Å². The molecular weight excluding hydrogens is 308 g/mol. The number of nitrogens with one attached hydrogen (secondary N) is 4. The second-order valence-corrected chi connectivity index (χ2v) is 6.18. The molecule has 2 atom stereocenters. The number of quaternary nitrogens is 1. The standard InChI is InChI=1S/C17H18N4O3/c1-2-21-8-7-10-9-5-3-4-6-11(9)18-13(10)14(21)12-15(22)19-17(24)20-16(12)23/h3-6,14,18H,2,7-8H2,1H3,(H3,19,20,22,23,24)/p+1/t14-/m0/s1. The number of benzene rings is 1. The number of H-pyrrole nitrogens is 3. The van der Waals surface area contributed by atoms with Crippen LogP contribution in [0.3, 0.4) is 0 Å². The number of aromatic nitrogens is 3. The number of likely N-dealkylation sites (N-methyl/N-ethyl adjacent to an activating group) is 1. The highest BCUT2D eigenvalue weighted by Gasteiger charge is 2.38. The molecule has 124 valence electrons. The molecule has 0 spiro atoms. The molecule has 0 bridgehead atoms. The quantitative estimate of drug-likeness (QED) is 0.450. The average molecular weight is 327 g/mol. The van der Waals surface area contributed by atoms with Crippen molar-refractivity contribution in [3.8, 4) is 5.88 Å². The first-order valence-electron chi connectivity index (χ1n) is 8.09. The summed E-state index contributed by atoms with van der Waals surface area (Å²) in [5.41, 5.74) is 2.10. The number of hydrogen-bond acceptors (Lipinski definition) is 3. The Balaban J connectivity index is 2.01. The van der Waals surface area contributed by atoms with Crippen LogP contribution in [0.15, 0.2) is 33.9 Å². The van der Waals surface area contributed by atoms with E-state index < -0.39 is 11.2 Å². The van der Waals surface area contributed by atoms with Gasteiger partial charge in [-0.1, -0.05) is 18.2 Å². The number of rotatable bonds is 2. The van der Waals surface area contributed by atoms with E-state index >= 15 is 0 Å². The molecule has 4 rings (SSSR count). The van der Waals surface area contributed by atoms with Crippen molar-refractivity contribution in [3.05, 3.63) is 61.9 Å². The van der Waals surface area contributed by atoms with E-state index in [1.807, 2.05) is 25.1 Å². The first-order chi connectivity index (χ1) is 11.6. The molecule has 2 aromatic heterocycles. The molecule has 1 aliphatic heterocycles. The predicted octanol–water partition coefficient (Wildman–Crippen LogP) is -0.200. The molecule has 0 saturated carbocycles. The van der Waals surface area contributed by atoms with E-state index in [-0.39, 0.29) is 17.5 Å². The number of fused-ring (bicyclic) bond motifs is 3. The summed E-state index contributed by atoms with van der Waals surface area (Å²) in [7, 11) is 0. The Morgan fingerprint density at radius 2 is 2.00 bits per heavy atom. The first kappa shape index (κ1) is 14.8. The third-order valence-electron chi connectivity index (χ3n) is 4.94. The van der Waals surface area contributed by atoms with Crippen molar-refractivity contribution in [2.75, 3.05) is 13.1 Å². The lowest BCUT2D eigenvalue weighted by molar-refractivity contribution is -0.926. The number of aromatic hydroxyl groups is 1. The Kier molecular flexibility index (Phi) is 3.31. The molecule has 0 radical (unpaired) electrons. The van der Waals surface area contributed by atoms with Crippen LogP contribution in [0.2, 0.25) is 0 Å². The maximum atomic E-state index is 12.4. The van der Waals surface area contributed by atoms with Crippen LogP contribution in [0.5, 0.6) is 5.88 Å². The average Bonchev–Trinajstić information content (AvgIpc) is 2.93. The lowest BCUT2D eigenvalue weighted by atomic mass is 9.93. The highest BCUT2D eigenvalue weighted by molar-refractivity contribution is 5.85. The Labute approximate surface area is 137 Å². The van der Waals surface area contributed by atoms with E-state index in [1.165, 1.54) is 10.5 Å². The van der Waals surface area contributed by atoms with Gasteiger partial charge in [-0.25, -0.2) is 4.79 Å². The van der Waals surface area contributed by atoms with E-state index in [9.17, 15) is 14.7 Å². The Morgan fingerprint density at radius 1 is 1.21 bits per heavy atom. The minimum atomic E-state index is -0.702. The van der Waals surface area contributed by atoms with Crippen molar-refractivity contribution >= 4 is 10.9 Å². The van der Waals surface area contributed by atoms with Gasteiger partial charge in [0.2, 0.25) is 5.88 Å². The van der Waals surface area contributed by atoms with Crippen LogP contribution < -0.4 is 16.1 Å². The molecule has 0 saturated heterocycles. The maximum absolute atomic E-state index is 12.4. The van der Waals surface area contributed by atoms with E-state index in [2.05, 4.69) is 21.0 Å². The number of hydrogen-bond donors (Lipinski definition) is 5. The zero-order valence-corrected chi connectivity index (χ0v) is 13.3. The van der Waals surface area contributed by atoms with Crippen LogP contribution >= 0.6 is 0 Å². The van der Waals surface area contributed by atoms with Crippen LogP contribution in [-0.2, 0) is 6.42 Å². The van der Waals surface area contributed by atoms with Gasteiger partial charge in [-0.2, -0.15) is 0 Å². The smallest absolute Gasteiger partial charge is 0.328 e. The largest absolute Gasteiger partial charge is 0.494 e. The van der Waals surface area contributed by atoms with Gasteiger partial charge in [0.15, 0.2) is 6.04 Å². The van der Waals surface area contributed by atoms with Crippen molar-refractivity contribution in [1.29, 1.82) is 0 Å². The maximum Gasteiger partial charge on any atom is 0.328 e. The molecule has 1 unspecified atom stereocenters. The molecule has 24 heavy (non-hydrogen) atoms. The monoisotopic (exact) mass is 327 g/mol. The Hall–Kier alpha value is -2.80. The fourth-order valence-corrected chi connectivity index (χ4v) is 3.85. The molecule has 7 nitrogen and oxygen atoms in total. The summed E-state index contributed by atoms with van der Waals surface area (Å²) in [6.07, 6.45) is 0.904. The molecule has 1 aromatic carbocycles. The summed E-state index contributed by atoms with van der Waals surface area (Å²) in [5, 5.41) is 11.4. The Bertz CT molecular complexity index is 1030. The van der Waals surface area contributed by atoms with Gasteiger partial charge in [0.1, 0.15) is 5.56 Å². The van der Waals surface area contributed by atoms with Crippen molar-refractivity contribution in [2.45, 2.75) is 19.4 Å². The molecular formula is C17H19N4O3+. The third-order valence-corrected chi connectivity index (χ3v) is 4.94. The summed E-state index contributed by atoms with van der Waals surface area (Å²) in [5.74, 6) is -0.355. The summed E-state index contributed by atoms with van der Waals surface area (Å²) in [6, 6.07) is 7.69. The molecule has 0 aliphatic carbocycles. The second-order valence-electron chi connectivity index (χ2n) is 6.18.